The number of rotatable bonds is 6. The number of carbonyl (C=O) groups is 1. The van der Waals surface area contributed by atoms with Crippen LogP contribution in [0.5, 0.6) is 0 Å². The van der Waals surface area contributed by atoms with Gasteiger partial charge in [-0.15, -0.1) is 0 Å². The van der Waals surface area contributed by atoms with E-state index in [1.807, 2.05) is 30.3 Å². The second-order valence-corrected chi connectivity index (χ2v) is 10.6. The second kappa shape index (κ2) is 8.97. The number of amides is 1. The van der Waals surface area contributed by atoms with E-state index in [2.05, 4.69) is 4.98 Å². The van der Waals surface area contributed by atoms with Crippen LogP contribution >= 0.6 is 11.3 Å². The summed E-state index contributed by atoms with van der Waals surface area (Å²) in [6.45, 7) is 0.140. The molecule has 1 heterocycles. The lowest BCUT2D eigenvalue weighted by atomic mass is 10.1. The number of halogens is 2. The third kappa shape index (κ3) is 4.63. The molecular weight excluding hydrogens is 468 g/mol. The molecule has 0 aliphatic heterocycles. The Morgan fingerprint density at radius 1 is 1.00 bits per heavy atom. The molecule has 33 heavy (non-hydrogen) atoms. The minimum absolute atomic E-state index is 0.0188. The first-order valence-corrected chi connectivity index (χ1v) is 12.1. The Balaban J connectivity index is 1.75. The molecule has 0 spiro atoms. The van der Waals surface area contributed by atoms with Crippen molar-refractivity contribution in [2.45, 2.75) is 11.4 Å². The topological polar surface area (TPSA) is 70.6 Å². The van der Waals surface area contributed by atoms with Gasteiger partial charge in [-0.3, -0.25) is 9.69 Å². The molecule has 0 fully saturated rings. The van der Waals surface area contributed by atoms with E-state index in [9.17, 15) is 22.0 Å². The highest BCUT2D eigenvalue weighted by Crippen LogP contribution is 2.33. The molecule has 1 amide bonds. The zero-order valence-corrected chi connectivity index (χ0v) is 19.3. The van der Waals surface area contributed by atoms with Crippen LogP contribution in [0.2, 0.25) is 0 Å². The Hall–Kier alpha value is -3.21. The Bertz CT molecular complexity index is 1420. The number of anilines is 1. The van der Waals surface area contributed by atoms with E-state index >= 15 is 0 Å². The summed E-state index contributed by atoms with van der Waals surface area (Å²) in [6, 6.07) is 16.6. The van der Waals surface area contributed by atoms with Crippen molar-refractivity contribution in [1.29, 1.82) is 0 Å². The van der Waals surface area contributed by atoms with E-state index in [4.69, 9.17) is 0 Å². The number of aromatic nitrogens is 1. The molecule has 6 nitrogen and oxygen atoms in total. The van der Waals surface area contributed by atoms with Crippen molar-refractivity contribution < 1.29 is 22.0 Å². The molecule has 0 saturated heterocycles. The maximum atomic E-state index is 14.2. The van der Waals surface area contributed by atoms with Crippen molar-refractivity contribution in [3.8, 4) is 0 Å². The van der Waals surface area contributed by atoms with Gasteiger partial charge in [-0.25, -0.2) is 26.5 Å². The van der Waals surface area contributed by atoms with Gasteiger partial charge in [-0.05, 0) is 35.9 Å². The van der Waals surface area contributed by atoms with E-state index < -0.39 is 27.6 Å². The molecule has 0 atom stereocenters. The molecule has 0 aliphatic rings. The van der Waals surface area contributed by atoms with Gasteiger partial charge in [0.15, 0.2) is 10.9 Å². The van der Waals surface area contributed by atoms with E-state index in [0.29, 0.717) is 0 Å². The van der Waals surface area contributed by atoms with Gasteiger partial charge in [-0.1, -0.05) is 41.7 Å². The first-order chi connectivity index (χ1) is 15.7. The van der Waals surface area contributed by atoms with E-state index in [-0.39, 0.29) is 32.4 Å². The third-order valence-corrected chi connectivity index (χ3v) is 7.80. The summed E-state index contributed by atoms with van der Waals surface area (Å²) in [5.74, 6) is -1.99. The third-order valence-electron chi connectivity index (χ3n) is 4.94. The maximum absolute atomic E-state index is 14.2. The summed E-state index contributed by atoms with van der Waals surface area (Å²) in [7, 11) is -0.802. The lowest BCUT2D eigenvalue weighted by Crippen LogP contribution is -2.30. The van der Waals surface area contributed by atoms with E-state index in [1.54, 1.807) is 0 Å². The minimum Gasteiger partial charge on any atom is -0.279 e. The van der Waals surface area contributed by atoms with Crippen LogP contribution in [0.3, 0.4) is 0 Å². The van der Waals surface area contributed by atoms with Crippen LogP contribution in [0, 0.1) is 11.6 Å². The van der Waals surface area contributed by atoms with E-state index in [0.717, 1.165) is 27.3 Å². The fraction of sp³-hybridized carbons (Fsp3) is 0.130. The van der Waals surface area contributed by atoms with Crippen LogP contribution in [-0.2, 0) is 16.6 Å². The Kier molecular flexibility index (Phi) is 6.24. The van der Waals surface area contributed by atoms with E-state index in [1.165, 1.54) is 49.3 Å². The number of fused-ring (bicyclic) bond motifs is 1. The number of hydrogen-bond acceptors (Lipinski definition) is 5. The highest BCUT2D eigenvalue weighted by atomic mass is 32.2. The maximum Gasteiger partial charge on any atom is 0.260 e. The Morgan fingerprint density at radius 2 is 1.67 bits per heavy atom. The summed E-state index contributed by atoms with van der Waals surface area (Å²) in [5, 5.41) is 0.202. The summed E-state index contributed by atoms with van der Waals surface area (Å²) >= 11 is 0.999. The second-order valence-electron chi connectivity index (χ2n) is 7.42. The molecule has 0 aliphatic carbocycles. The first-order valence-electron chi connectivity index (χ1n) is 9.81. The molecule has 4 rings (SSSR count). The zero-order chi connectivity index (χ0) is 23.8. The van der Waals surface area contributed by atoms with Crippen LogP contribution in [0.4, 0.5) is 13.9 Å². The highest BCUT2D eigenvalue weighted by molar-refractivity contribution is 7.89. The molecule has 0 N–H and O–H groups in total. The number of benzene rings is 3. The summed E-state index contributed by atoms with van der Waals surface area (Å²) < 4.78 is 53.9. The van der Waals surface area contributed by atoms with Crippen LogP contribution in [0.1, 0.15) is 15.9 Å². The lowest BCUT2D eigenvalue weighted by Gasteiger charge is -2.20. The number of sulfonamides is 1. The fourth-order valence-corrected chi connectivity index (χ4v) is 5.09. The monoisotopic (exact) mass is 487 g/mol. The van der Waals surface area contributed by atoms with Crippen LogP contribution < -0.4 is 4.90 Å². The van der Waals surface area contributed by atoms with Gasteiger partial charge in [-0.2, -0.15) is 0 Å². The standard InChI is InChI=1S/C23H19F2N3O3S2/c1-27(2)33(30,31)18-10-8-16(9-11-18)22(29)28(14-15-6-4-3-5-7-15)23-26-21-19(25)12-17(24)13-20(21)32-23/h3-13H,14H2,1-2H3. The van der Waals surface area contributed by atoms with Crippen LogP contribution in [-0.4, -0.2) is 37.7 Å². The van der Waals surface area contributed by atoms with Crippen LogP contribution in [0.15, 0.2) is 71.6 Å². The summed E-state index contributed by atoms with van der Waals surface area (Å²) in [5.41, 5.74) is 1.02. The number of hydrogen-bond donors (Lipinski definition) is 0. The number of nitrogens with zero attached hydrogens (tertiary/aromatic N) is 3. The highest BCUT2D eigenvalue weighted by Gasteiger charge is 2.24. The Labute approximate surface area is 193 Å². The Morgan fingerprint density at radius 3 is 2.30 bits per heavy atom. The normalized spacial score (nSPS) is 11.8. The van der Waals surface area contributed by atoms with Crippen LogP contribution in [0.25, 0.3) is 10.2 Å². The summed E-state index contributed by atoms with van der Waals surface area (Å²) in [4.78, 5) is 19.1. The average Bonchev–Trinajstić information content (AvgIpc) is 3.22. The first kappa shape index (κ1) is 23.0. The summed E-state index contributed by atoms with van der Waals surface area (Å²) in [6.07, 6.45) is 0. The smallest absolute Gasteiger partial charge is 0.260 e. The van der Waals surface area contributed by atoms with Crippen molar-refractivity contribution in [2.75, 3.05) is 19.0 Å². The van der Waals surface area contributed by atoms with Crippen molar-refractivity contribution in [1.82, 2.24) is 9.29 Å². The molecule has 4 aromatic rings. The predicted octanol–water partition coefficient (Wildman–Crippen LogP) is 4.67. The molecule has 1 aromatic heterocycles. The van der Waals surface area contributed by atoms with Gasteiger partial charge in [0.1, 0.15) is 11.3 Å². The SMILES string of the molecule is CN(C)S(=O)(=O)c1ccc(C(=O)N(Cc2ccccc2)c2nc3c(F)cc(F)cc3s2)cc1. The molecule has 10 heteroatoms. The van der Waals surface area contributed by atoms with Gasteiger partial charge in [0.2, 0.25) is 10.0 Å². The van der Waals surface area contributed by atoms with Gasteiger partial charge >= 0.3 is 0 Å². The molecule has 170 valence electrons. The lowest BCUT2D eigenvalue weighted by molar-refractivity contribution is 0.0985. The number of carbonyl (C=O) groups excluding carboxylic acids is 1. The van der Waals surface area contributed by atoms with Crippen molar-refractivity contribution in [3.63, 3.8) is 0 Å². The zero-order valence-electron chi connectivity index (χ0n) is 17.7. The largest absolute Gasteiger partial charge is 0.279 e. The predicted molar refractivity (Wildman–Crippen MR) is 124 cm³/mol. The van der Waals surface area contributed by atoms with Crippen molar-refractivity contribution in [3.05, 3.63) is 89.5 Å². The molecule has 0 saturated carbocycles. The average molecular weight is 488 g/mol. The minimum atomic E-state index is -3.65. The van der Waals surface area contributed by atoms with Gasteiger partial charge in [0, 0.05) is 25.7 Å². The van der Waals surface area contributed by atoms with Gasteiger partial charge < -0.3 is 0 Å². The van der Waals surface area contributed by atoms with Crippen molar-refractivity contribution >= 4 is 42.6 Å². The molecule has 0 radical (unpaired) electrons. The molecule has 0 unspecified atom stereocenters. The molecular formula is C23H19F2N3O3S2. The molecule has 0 bridgehead atoms. The quantitative estimate of drug-likeness (QED) is 0.396. The van der Waals surface area contributed by atoms with Crippen molar-refractivity contribution in [2.24, 2.45) is 0 Å². The van der Waals surface area contributed by atoms with Gasteiger partial charge in [0.25, 0.3) is 5.91 Å². The van der Waals surface area contributed by atoms with Gasteiger partial charge in [0.05, 0.1) is 16.1 Å². The molecule has 3 aromatic carbocycles. The number of thiazole rings is 1. The fourth-order valence-electron chi connectivity index (χ4n) is 3.19.